The molecule has 0 bridgehead atoms. The summed E-state index contributed by atoms with van der Waals surface area (Å²) in [6, 6.07) is 14.4. The Morgan fingerprint density at radius 3 is 2.78 bits per heavy atom. The lowest BCUT2D eigenvalue weighted by Gasteiger charge is -2.04. The number of hydrogen-bond acceptors (Lipinski definition) is 4. The van der Waals surface area contributed by atoms with Crippen LogP contribution in [0.1, 0.15) is 5.69 Å². The molecule has 4 nitrogen and oxygen atoms in total. The largest absolute Gasteiger partial charge is 0.338 e. The summed E-state index contributed by atoms with van der Waals surface area (Å²) in [5, 5.41) is 11.0. The number of nitriles is 1. The molecule has 0 saturated carbocycles. The Morgan fingerprint density at radius 1 is 1.04 bits per heavy atom. The molecule has 0 amide bonds. The Labute approximate surface area is 137 Å². The quantitative estimate of drug-likeness (QED) is 0.558. The van der Waals surface area contributed by atoms with E-state index in [9.17, 15) is 0 Å². The van der Waals surface area contributed by atoms with Crippen LogP contribution in [0.2, 0.25) is 0 Å². The molecular formula is C18H12N4S. The molecule has 1 aromatic carbocycles. The van der Waals surface area contributed by atoms with Crippen LogP contribution in [0, 0.1) is 11.3 Å². The van der Waals surface area contributed by atoms with E-state index >= 15 is 0 Å². The fraction of sp³-hybridized carbons (Fsp3) is 0.0556. The van der Waals surface area contributed by atoms with Crippen LogP contribution in [-0.4, -0.2) is 21.2 Å². The highest BCUT2D eigenvalue weighted by atomic mass is 32.2. The highest BCUT2D eigenvalue weighted by Crippen LogP contribution is 2.30. The maximum atomic E-state index is 9.06. The summed E-state index contributed by atoms with van der Waals surface area (Å²) in [5.74, 6) is 0. The minimum absolute atomic E-state index is 0.410. The van der Waals surface area contributed by atoms with Crippen molar-refractivity contribution in [3.05, 3.63) is 54.5 Å². The number of nitrogens with zero attached hydrogens (tertiary/aromatic N) is 3. The summed E-state index contributed by atoms with van der Waals surface area (Å²) in [5.41, 5.74) is 4.30. The average molecular weight is 316 g/mol. The summed E-state index contributed by atoms with van der Waals surface area (Å²) in [4.78, 5) is 13.1. The molecule has 0 aliphatic carbocycles. The van der Waals surface area contributed by atoms with Gasteiger partial charge in [-0.25, -0.2) is 9.97 Å². The zero-order valence-electron chi connectivity index (χ0n) is 12.4. The number of fused-ring (bicyclic) bond motifs is 3. The van der Waals surface area contributed by atoms with Crippen molar-refractivity contribution < 1.29 is 0 Å². The van der Waals surface area contributed by atoms with Crippen LogP contribution in [0.4, 0.5) is 0 Å². The Morgan fingerprint density at radius 2 is 1.96 bits per heavy atom. The van der Waals surface area contributed by atoms with Gasteiger partial charge in [0, 0.05) is 27.4 Å². The van der Waals surface area contributed by atoms with Gasteiger partial charge in [0.25, 0.3) is 0 Å². The summed E-state index contributed by atoms with van der Waals surface area (Å²) >= 11 is 1.72. The van der Waals surface area contributed by atoms with Crippen LogP contribution in [0.3, 0.4) is 0 Å². The molecule has 0 aliphatic heterocycles. The molecule has 0 atom stereocenters. The second-order valence-corrected chi connectivity index (χ2v) is 6.08. The Hall–Kier alpha value is -2.84. The monoisotopic (exact) mass is 316 g/mol. The lowest BCUT2D eigenvalue weighted by atomic mass is 10.1. The summed E-state index contributed by atoms with van der Waals surface area (Å²) in [7, 11) is 0. The van der Waals surface area contributed by atoms with Gasteiger partial charge in [-0.2, -0.15) is 5.26 Å². The topological polar surface area (TPSA) is 65.4 Å². The lowest BCUT2D eigenvalue weighted by molar-refractivity contribution is 1.27. The molecule has 0 fully saturated rings. The molecular weight excluding hydrogens is 304 g/mol. The van der Waals surface area contributed by atoms with Crippen LogP contribution in [-0.2, 0) is 0 Å². The fourth-order valence-electron chi connectivity index (χ4n) is 2.70. The van der Waals surface area contributed by atoms with Crippen molar-refractivity contribution in [1.29, 1.82) is 5.26 Å². The first-order valence-electron chi connectivity index (χ1n) is 7.10. The van der Waals surface area contributed by atoms with Crippen molar-refractivity contribution in [2.24, 2.45) is 0 Å². The SMILES string of the molecule is CSc1cccc(-c2cnc3[nH]c4cnc(C#N)cc4c3c2)c1. The van der Waals surface area contributed by atoms with Crippen LogP contribution >= 0.6 is 11.8 Å². The van der Waals surface area contributed by atoms with E-state index in [0.29, 0.717) is 5.69 Å². The van der Waals surface area contributed by atoms with Crippen molar-refractivity contribution >= 4 is 33.7 Å². The molecule has 110 valence electrons. The summed E-state index contributed by atoms with van der Waals surface area (Å²) in [6.07, 6.45) is 5.62. The first kappa shape index (κ1) is 13.8. The highest BCUT2D eigenvalue weighted by molar-refractivity contribution is 7.98. The second kappa shape index (κ2) is 5.41. The standard InChI is InChI=1S/C18H12N4S/c1-23-14-4-2-3-11(5-14)12-6-16-15-7-13(8-19)20-10-17(15)22-18(16)21-9-12/h2-7,9-10H,1H3,(H,21,22). The van der Waals surface area contributed by atoms with E-state index in [1.165, 1.54) is 4.90 Å². The van der Waals surface area contributed by atoms with E-state index in [1.807, 2.05) is 6.20 Å². The van der Waals surface area contributed by atoms with Gasteiger partial charge in [0.2, 0.25) is 0 Å². The number of pyridine rings is 2. The number of benzene rings is 1. The van der Waals surface area contributed by atoms with Gasteiger partial charge < -0.3 is 4.98 Å². The second-order valence-electron chi connectivity index (χ2n) is 5.20. The molecule has 4 rings (SSSR count). The van der Waals surface area contributed by atoms with Crippen LogP contribution in [0.5, 0.6) is 0 Å². The van der Waals surface area contributed by atoms with Crippen LogP contribution < -0.4 is 0 Å². The molecule has 3 heterocycles. The van der Waals surface area contributed by atoms with E-state index in [-0.39, 0.29) is 0 Å². The predicted octanol–water partition coefficient (Wildman–Crippen LogP) is 4.37. The Bertz CT molecular complexity index is 1080. The number of rotatable bonds is 2. The van der Waals surface area contributed by atoms with E-state index in [1.54, 1.807) is 24.0 Å². The normalized spacial score (nSPS) is 11.0. The van der Waals surface area contributed by atoms with Crippen molar-refractivity contribution in [3.63, 3.8) is 0 Å². The zero-order valence-corrected chi connectivity index (χ0v) is 13.2. The first-order valence-corrected chi connectivity index (χ1v) is 8.33. The van der Waals surface area contributed by atoms with Crippen molar-refractivity contribution in [1.82, 2.24) is 15.0 Å². The molecule has 1 N–H and O–H groups in total. The number of thioether (sulfide) groups is 1. The molecule has 5 heteroatoms. The lowest BCUT2D eigenvalue weighted by Crippen LogP contribution is -1.82. The van der Waals surface area contributed by atoms with E-state index in [4.69, 9.17) is 5.26 Å². The maximum Gasteiger partial charge on any atom is 0.141 e. The van der Waals surface area contributed by atoms with Gasteiger partial charge in [0.05, 0.1) is 11.7 Å². The number of nitrogens with one attached hydrogen (secondary N) is 1. The molecule has 0 radical (unpaired) electrons. The highest BCUT2D eigenvalue weighted by Gasteiger charge is 2.09. The average Bonchev–Trinajstić information content (AvgIpc) is 2.98. The Balaban J connectivity index is 1.95. The van der Waals surface area contributed by atoms with Gasteiger partial charge in [0.15, 0.2) is 0 Å². The maximum absolute atomic E-state index is 9.06. The van der Waals surface area contributed by atoms with Gasteiger partial charge in [-0.15, -0.1) is 11.8 Å². The zero-order chi connectivity index (χ0) is 15.8. The molecule has 0 saturated heterocycles. The minimum Gasteiger partial charge on any atom is -0.338 e. The van der Waals surface area contributed by atoms with E-state index < -0.39 is 0 Å². The molecule has 0 unspecified atom stereocenters. The summed E-state index contributed by atoms with van der Waals surface area (Å²) in [6.45, 7) is 0. The third-order valence-corrected chi connectivity index (χ3v) is 4.58. The predicted molar refractivity (Wildman–Crippen MR) is 93.3 cm³/mol. The third-order valence-electron chi connectivity index (χ3n) is 3.85. The fourth-order valence-corrected chi connectivity index (χ4v) is 3.16. The van der Waals surface area contributed by atoms with E-state index in [2.05, 4.69) is 57.6 Å². The number of H-pyrrole nitrogens is 1. The van der Waals surface area contributed by atoms with Crippen LogP contribution in [0.15, 0.2) is 53.7 Å². The molecule has 0 aliphatic rings. The van der Waals surface area contributed by atoms with E-state index in [0.717, 1.165) is 33.1 Å². The number of hydrogen-bond donors (Lipinski definition) is 1. The third kappa shape index (κ3) is 2.33. The van der Waals surface area contributed by atoms with Gasteiger partial charge >= 0.3 is 0 Å². The summed E-state index contributed by atoms with van der Waals surface area (Å²) < 4.78 is 0. The van der Waals surface area contributed by atoms with Gasteiger partial charge in [0.1, 0.15) is 17.4 Å². The van der Waals surface area contributed by atoms with Crippen molar-refractivity contribution in [3.8, 4) is 17.2 Å². The Kier molecular flexibility index (Phi) is 3.25. The molecule has 3 aromatic heterocycles. The smallest absolute Gasteiger partial charge is 0.141 e. The molecule has 23 heavy (non-hydrogen) atoms. The van der Waals surface area contributed by atoms with Crippen molar-refractivity contribution in [2.45, 2.75) is 4.90 Å². The van der Waals surface area contributed by atoms with Gasteiger partial charge in [-0.3, -0.25) is 0 Å². The first-order chi connectivity index (χ1) is 11.3. The molecule has 4 aromatic rings. The van der Waals surface area contributed by atoms with Crippen LogP contribution in [0.25, 0.3) is 33.1 Å². The van der Waals surface area contributed by atoms with Gasteiger partial charge in [-0.05, 0) is 36.1 Å². The number of aromatic amines is 1. The molecule has 0 spiro atoms. The van der Waals surface area contributed by atoms with Gasteiger partial charge in [-0.1, -0.05) is 12.1 Å². The number of aromatic nitrogens is 3. The van der Waals surface area contributed by atoms with Crippen molar-refractivity contribution in [2.75, 3.05) is 6.26 Å². The minimum atomic E-state index is 0.410.